The molecule has 0 fully saturated rings. The Morgan fingerprint density at radius 1 is 1.43 bits per heavy atom. The third-order valence-corrected chi connectivity index (χ3v) is 1.87. The number of aromatic nitrogens is 2. The molecule has 0 saturated heterocycles. The molecule has 2 atom stereocenters. The topological polar surface area (TPSA) is 85.2 Å². The van der Waals surface area contributed by atoms with Gasteiger partial charge in [-0.3, -0.25) is 0 Å². The number of rotatable bonds is 4. The van der Waals surface area contributed by atoms with E-state index in [1.165, 1.54) is 0 Å². The van der Waals surface area contributed by atoms with E-state index in [2.05, 4.69) is 24.0 Å². The van der Waals surface area contributed by atoms with Crippen LogP contribution in [0.5, 0.6) is 0 Å². The van der Waals surface area contributed by atoms with E-state index < -0.39 is 6.10 Å². The summed E-state index contributed by atoms with van der Waals surface area (Å²) in [5.41, 5.74) is 5.84. The van der Waals surface area contributed by atoms with Gasteiger partial charge in [-0.05, 0) is 19.3 Å². The Balaban J connectivity index is 2.66. The first kappa shape index (κ1) is 11.1. The Morgan fingerprint density at radius 2 is 2.07 bits per heavy atom. The summed E-state index contributed by atoms with van der Waals surface area (Å²) < 4.78 is 4.84. The predicted octanol–water partition coefficient (Wildman–Crippen LogP) is 1.17. The second-order valence-corrected chi connectivity index (χ2v) is 3.90. The van der Waals surface area contributed by atoms with Crippen molar-refractivity contribution in [1.82, 2.24) is 10.1 Å². The highest BCUT2D eigenvalue weighted by atomic mass is 16.5. The van der Waals surface area contributed by atoms with E-state index in [0.717, 1.165) is 6.42 Å². The van der Waals surface area contributed by atoms with Crippen molar-refractivity contribution in [2.75, 3.05) is 0 Å². The minimum Gasteiger partial charge on any atom is -0.384 e. The fourth-order valence-corrected chi connectivity index (χ4v) is 1.18. The van der Waals surface area contributed by atoms with Crippen molar-refractivity contribution >= 4 is 0 Å². The van der Waals surface area contributed by atoms with Gasteiger partial charge in [-0.2, -0.15) is 4.98 Å². The maximum Gasteiger partial charge on any atom is 0.255 e. The molecular weight excluding hydrogens is 182 g/mol. The first-order valence-electron chi connectivity index (χ1n) is 4.77. The lowest BCUT2D eigenvalue weighted by Gasteiger charge is -2.08. The Morgan fingerprint density at radius 3 is 2.50 bits per heavy atom. The van der Waals surface area contributed by atoms with Crippen LogP contribution in [0.4, 0.5) is 0 Å². The summed E-state index contributed by atoms with van der Waals surface area (Å²) in [6, 6.07) is -0.216. The molecule has 1 heterocycles. The molecule has 3 N–H and O–H groups in total. The number of nitrogens with two attached hydrogens (primary N) is 1. The molecule has 0 aromatic carbocycles. The Labute approximate surface area is 83.3 Å². The monoisotopic (exact) mass is 199 g/mol. The molecule has 0 bridgehead atoms. The molecule has 0 aliphatic carbocycles. The van der Waals surface area contributed by atoms with Crippen LogP contribution in [0.1, 0.15) is 51.1 Å². The maximum atomic E-state index is 9.16. The lowest BCUT2D eigenvalue weighted by atomic mass is 10.0. The minimum absolute atomic E-state index is 0.216. The van der Waals surface area contributed by atoms with E-state index in [1.807, 2.05) is 0 Å². The van der Waals surface area contributed by atoms with Crippen molar-refractivity contribution in [3.8, 4) is 0 Å². The molecule has 1 rings (SSSR count). The highest BCUT2D eigenvalue weighted by molar-refractivity contribution is 4.94. The summed E-state index contributed by atoms with van der Waals surface area (Å²) in [7, 11) is 0. The standard InChI is InChI=1S/C9H17N3O2/c1-5(2)4-7(10)8-11-9(6(3)13)14-12-8/h5-7,13H,4,10H2,1-3H3/t6?,7-/m1/s1. The molecule has 0 spiro atoms. The lowest BCUT2D eigenvalue weighted by Crippen LogP contribution is -2.14. The molecule has 1 aromatic heterocycles. The molecule has 1 unspecified atom stereocenters. The van der Waals surface area contributed by atoms with E-state index in [0.29, 0.717) is 11.7 Å². The Hall–Kier alpha value is -0.940. The van der Waals surface area contributed by atoms with Gasteiger partial charge in [0.1, 0.15) is 6.10 Å². The first-order valence-corrected chi connectivity index (χ1v) is 4.77. The van der Waals surface area contributed by atoms with Gasteiger partial charge >= 0.3 is 0 Å². The third-order valence-electron chi connectivity index (χ3n) is 1.87. The summed E-state index contributed by atoms with van der Waals surface area (Å²) in [5, 5.41) is 12.9. The zero-order valence-electron chi connectivity index (χ0n) is 8.77. The summed E-state index contributed by atoms with van der Waals surface area (Å²) in [4.78, 5) is 4.01. The van der Waals surface area contributed by atoms with Crippen molar-refractivity contribution in [3.05, 3.63) is 11.7 Å². The van der Waals surface area contributed by atoms with E-state index in [9.17, 15) is 0 Å². The van der Waals surface area contributed by atoms with E-state index in [4.69, 9.17) is 15.4 Å². The van der Waals surface area contributed by atoms with E-state index in [1.54, 1.807) is 6.92 Å². The van der Waals surface area contributed by atoms with Crippen LogP contribution in [0.25, 0.3) is 0 Å². The van der Waals surface area contributed by atoms with Crippen molar-refractivity contribution in [2.45, 2.75) is 39.3 Å². The largest absolute Gasteiger partial charge is 0.384 e. The average molecular weight is 199 g/mol. The zero-order valence-corrected chi connectivity index (χ0v) is 8.77. The number of aliphatic hydroxyl groups is 1. The number of hydrogen-bond donors (Lipinski definition) is 2. The molecule has 5 heteroatoms. The highest BCUT2D eigenvalue weighted by Gasteiger charge is 2.17. The molecule has 5 nitrogen and oxygen atoms in total. The quantitative estimate of drug-likeness (QED) is 0.760. The average Bonchev–Trinajstić information content (AvgIpc) is 2.50. The zero-order chi connectivity index (χ0) is 10.7. The Kier molecular flexibility index (Phi) is 3.60. The van der Waals surface area contributed by atoms with Crippen LogP contribution < -0.4 is 5.73 Å². The van der Waals surface area contributed by atoms with Crippen LogP contribution in [0.3, 0.4) is 0 Å². The summed E-state index contributed by atoms with van der Waals surface area (Å²) in [6.07, 6.45) is 0.0706. The molecule has 0 saturated carbocycles. The van der Waals surface area contributed by atoms with Gasteiger partial charge in [0.2, 0.25) is 0 Å². The lowest BCUT2D eigenvalue weighted by molar-refractivity contribution is 0.151. The number of hydrogen-bond acceptors (Lipinski definition) is 5. The van der Waals surface area contributed by atoms with E-state index in [-0.39, 0.29) is 11.9 Å². The number of aliphatic hydroxyl groups excluding tert-OH is 1. The summed E-state index contributed by atoms with van der Waals surface area (Å²) in [5.74, 6) is 1.17. The molecule has 0 radical (unpaired) electrons. The smallest absolute Gasteiger partial charge is 0.255 e. The van der Waals surface area contributed by atoms with Gasteiger partial charge < -0.3 is 15.4 Å². The first-order chi connectivity index (χ1) is 6.50. The maximum absolute atomic E-state index is 9.16. The molecule has 0 aliphatic heterocycles. The van der Waals surface area contributed by atoms with Crippen molar-refractivity contribution < 1.29 is 9.63 Å². The van der Waals surface area contributed by atoms with Crippen LogP contribution in [0.2, 0.25) is 0 Å². The fraction of sp³-hybridized carbons (Fsp3) is 0.778. The SMILES string of the molecule is CC(C)C[C@@H](N)c1noc(C(C)O)n1. The van der Waals surface area contributed by atoms with Crippen LogP contribution in [-0.2, 0) is 0 Å². The van der Waals surface area contributed by atoms with Crippen molar-refractivity contribution in [1.29, 1.82) is 0 Å². The van der Waals surface area contributed by atoms with Gasteiger partial charge in [0, 0.05) is 0 Å². The molecule has 0 aliphatic rings. The van der Waals surface area contributed by atoms with Crippen molar-refractivity contribution in [3.63, 3.8) is 0 Å². The second-order valence-electron chi connectivity index (χ2n) is 3.90. The van der Waals surface area contributed by atoms with Gasteiger partial charge in [0.25, 0.3) is 5.89 Å². The Bertz CT molecular complexity index is 283. The van der Waals surface area contributed by atoms with Gasteiger partial charge in [0.05, 0.1) is 6.04 Å². The third kappa shape index (κ3) is 2.78. The molecule has 1 aromatic rings. The van der Waals surface area contributed by atoms with Crippen LogP contribution in [0.15, 0.2) is 4.52 Å². The summed E-state index contributed by atoms with van der Waals surface area (Å²) in [6.45, 7) is 5.73. The minimum atomic E-state index is -0.734. The van der Waals surface area contributed by atoms with E-state index >= 15 is 0 Å². The highest BCUT2D eigenvalue weighted by Crippen LogP contribution is 2.17. The number of nitrogens with zero attached hydrogens (tertiary/aromatic N) is 2. The normalized spacial score (nSPS) is 15.9. The molecule has 14 heavy (non-hydrogen) atoms. The van der Waals surface area contributed by atoms with Gasteiger partial charge in [0.15, 0.2) is 5.82 Å². The van der Waals surface area contributed by atoms with Crippen LogP contribution in [-0.4, -0.2) is 15.2 Å². The molecule has 80 valence electrons. The molecular formula is C9H17N3O2. The second kappa shape index (κ2) is 4.52. The van der Waals surface area contributed by atoms with Crippen molar-refractivity contribution in [2.24, 2.45) is 11.7 Å². The van der Waals surface area contributed by atoms with Gasteiger partial charge in [-0.25, -0.2) is 0 Å². The summed E-state index contributed by atoms with van der Waals surface area (Å²) >= 11 is 0. The predicted molar refractivity (Wildman–Crippen MR) is 51.3 cm³/mol. The van der Waals surface area contributed by atoms with Crippen LogP contribution >= 0.6 is 0 Å². The molecule has 0 amide bonds. The van der Waals surface area contributed by atoms with Gasteiger partial charge in [-0.15, -0.1) is 0 Å². The fourth-order valence-electron chi connectivity index (χ4n) is 1.18. The van der Waals surface area contributed by atoms with Crippen LogP contribution in [0, 0.1) is 5.92 Å². The van der Waals surface area contributed by atoms with Gasteiger partial charge in [-0.1, -0.05) is 19.0 Å².